The fraction of sp³-hybridized carbons (Fsp3) is 0.500. The maximum Gasteiger partial charge on any atom is 0.332 e. The summed E-state index contributed by atoms with van der Waals surface area (Å²) in [6.07, 6.45) is 0.741. The van der Waals surface area contributed by atoms with Crippen LogP contribution in [0.4, 0.5) is 0 Å². The Morgan fingerprint density at radius 3 is 2.86 bits per heavy atom. The first-order valence-electron chi connectivity index (χ1n) is 6.82. The third kappa shape index (κ3) is 4.15. The Bertz CT molecular complexity index is 550. The van der Waals surface area contributed by atoms with Crippen molar-refractivity contribution in [1.29, 1.82) is 0 Å². The van der Waals surface area contributed by atoms with Gasteiger partial charge in [-0.05, 0) is 31.4 Å². The van der Waals surface area contributed by atoms with Gasteiger partial charge in [0.25, 0.3) is 5.91 Å². The molecule has 2 heterocycles. The van der Waals surface area contributed by atoms with E-state index in [-0.39, 0.29) is 23.7 Å². The van der Waals surface area contributed by atoms with Crippen molar-refractivity contribution in [2.45, 2.75) is 38.4 Å². The molecule has 0 radical (unpaired) electrons. The number of rotatable bonds is 5. The van der Waals surface area contributed by atoms with Gasteiger partial charge in [-0.2, -0.15) is 0 Å². The molecule has 6 nitrogen and oxygen atoms in total. The van der Waals surface area contributed by atoms with Gasteiger partial charge in [-0.25, -0.2) is 9.78 Å². The first-order chi connectivity index (χ1) is 9.99. The fourth-order valence-corrected chi connectivity index (χ4v) is 2.44. The van der Waals surface area contributed by atoms with Crippen molar-refractivity contribution in [3.8, 4) is 0 Å². The lowest BCUT2D eigenvalue weighted by atomic mass is 10.1. The van der Waals surface area contributed by atoms with E-state index in [0.29, 0.717) is 24.8 Å². The maximum atomic E-state index is 12.1. The quantitative estimate of drug-likeness (QED) is 0.807. The van der Waals surface area contributed by atoms with Crippen LogP contribution in [-0.2, 0) is 16.0 Å². The van der Waals surface area contributed by atoms with Gasteiger partial charge in [0, 0.05) is 17.8 Å². The van der Waals surface area contributed by atoms with Crippen molar-refractivity contribution < 1.29 is 19.4 Å². The number of nitrogens with one attached hydrogen (secondary N) is 1. The SMILES string of the molecule is CCc1cc(C(=O)NCC2CCC(C(=O)O)O2)cc(Cl)n1. The highest BCUT2D eigenvalue weighted by Crippen LogP contribution is 2.19. The normalized spacial score (nSPS) is 21.2. The van der Waals surface area contributed by atoms with Crippen LogP contribution >= 0.6 is 11.6 Å². The number of aromatic nitrogens is 1. The van der Waals surface area contributed by atoms with E-state index in [1.54, 1.807) is 6.07 Å². The van der Waals surface area contributed by atoms with Crippen molar-refractivity contribution in [2.24, 2.45) is 0 Å². The predicted molar refractivity (Wildman–Crippen MR) is 76.5 cm³/mol. The molecular formula is C14H17ClN2O4. The van der Waals surface area contributed by atoms with Gasteiger partial charge in [0.05, 0.1) is 6.10 Å². The molecule has 0 aliphatic carbocycles. The third-order valence-electron chi connectivity index (χ3n) is 3.34. The average Bonchev–Trinajstić information content (AvgIpc) is 2.93. The molecule has 1 aliphatic rings. The molecule has 2 N–H and O–H groups in total. The van der Waals surface area contributed by atoms with Crippen molar-refractivity contribution >= 4 is 23.5 Å². The minimum Gasteiger partial charge on any atom is -0.479 e. The van der Waals surface area contributed by atoms with Gasteiger partial charge < -0.3 is 15.2 Å². The Labute approximate surface area is 127 Å². The number of carboxylic acids is 1. The molecule has 1 aromatic heterocycles. The summed E-state index contributed by atoms with van der Waals surface area (Å²) in [6.45, 7) is 2.21. The minimum absolute atomic E-state index is 0.266. The van der Waals surface area contributed by atoms with E-state index < -0.39 is 12.1 Å². The summed E-state index contributed by atoms with van der Waals surface area (Å²) < 4.78 is 5.33. The van der Waals surface area contributed by atoms with Gasteiger partial charge in [0.2, 0.25) is 0 Å². The van der Waals surface area contributed by atoms with Gasteiger partial charge in [-0.1, -0.05) is 18.5 Å². The summed E-state index contributed by atoms with van der Waals surface area (Å²) in [5, 5.41) is 11.9. The number of pyridine rings is 1. The van der Waals surface area contributed by atoms with E-state index >= 15 is 0 Å². The van der Waals surface area contributed by atoms with Crippen LogP contribution in [0.2, 0.25) is 5.15 Å². The predicted octanol–water partition coefficient (Wildman–Crippen LogP) is 1.66. The lowest BCUT2D eigenvalue weighted by Crippen LogP contribution is -2.33. The van der Waals surface area contributed by atoms with Crippen LogP contribution in [0.1, 0.15) is 35.8 Å². The van der Waals surface area contributed by atoms with Gasteiger partial charge in [0.15, 0.2) is 6.10 Å². The molecule has 0 aromatic carbocycles. The largest absolute Gasteiger partial charge is 0.479 e. The van der Waals surface area contributed by atoms with Crippen molar-refractivity contribution in [2.75, 3.05) is 6.54 Å². The first kappa shape index (κ1) is 15.7. The van der Waals surface area contributed by atoms with Crippen LogP contribution in [0.15, 0.2) is 12.1 Å². The number of carbonyl (C=O) groups excluding carboxylic acids is 1. The zero-order valence-electron chi connectivity index (χ0n) is 11.6. The van der Waals surface area contributed by atoms with Crippen LogP contribution in [-0.4, -0.2) is 40.7 Å². The highest BCUT2D eigenvalue weighted by atomic mass is 35.5. The summed E-state index contributed by atoms with van der Waals surface area (Å²) in [6, 6.07) is 3.20. The number of amides is 1. The van der Waals surface area contributed by atoms with E-state index in [0.717, 1.165) is 5.69 Å². The number of hydrogen-bond acceptors (Lipinski definition) is 4. The molecule has 2 atom stereocenters. The van der Waals surface area contributed by atoms with Crippen LogP contribution in [0.25, 0.3) is 0 Å². The molecule has 0 spiro atoms. The first-order valence-corrected chi connectivity index (χ1v) is 7.20. The minimum atomic E-state index is -0.961. The molecule has 1 amide bonds. The zero-order chi connectivity index (χ0) is 15.4. The van der Waals surface area contributed by atoms with Gasteiger partial charge in [-0.3, -0.25) is 4.79 Å². The second kappa shape index (κ2) is 6.87. The fourth-order valence-electron chi connectivity index (χ4n) is 2.21. The maximum absolute atomic E-state index is 12.1. The molecule has 1 saturated heterocycles. The Morgan fingerprint density at radius 1 is 1.48 bits per heavy atom. The number of aliphatic carboxylic acids is 1. The van der Waals surface area contributed by atoms with Crippen LogP contribution in [0.5, 0.6) is 0 Å². The second-order valence-corrected chi connectivity index (χ2v) is 5.28. The standard InChI is InChI=1S/C14H17ClN2O4/c1-2-9-5-8(6-12(15)17-9)13(18)16-7-10-3-4-11(21-10)14(19)20/h5-6,10-11H,2-4,7H2,1H3,(H,16,18)(H,19,20). The summed E-state index contributed by atoms with van der Waals surface area (Å²) in [4.78, 5) is 26.9. The number of nitrogens with zero attached hydrogens (tertiary/aromatic N) is 1. The van der Waals surface area contributed by atoms with E-state index in [1.165, 1.54) is 6.07 Å². The lowest BCUT2D eigenvalue weighted by Gasteiger charge is -2.12. The van der Waals surface area contributed by atoms with Crippen molar-refractivity contribution in [3.63, 3.8) is 0 Å². The molecule has 114 valence electrons. The molecule has 0 saturated carbocycles. The number of carbonyl (C=O) groups is 2. The van der Waals surface area contributed by atoms with Crippen LogP contribution in [0.3, 0.4) is 0 Å². The molecule has 7 heteroatoms. The molecule has 1 aromatic rings. The lowest BCUT2D eigenvalue weighted by molar-refractivity contribution is -0.149. The summed E-state index contributed by atoms with van der Waals surface area (Å²) in [5.41, 5.74) is 1.19. The smallest absolute Gasteiger partial charge is 0.332 e. The van der Waals surface area contributed by atoms with Crippen molar-refractivity contribution in [1.82, 2.24) is 10.3 Å². The monoisotopic (exact) mass is 312 g/mol. The Kier molecular flexibility index (Phi) is 5.14. The summed E-state index contributed by atoms with van der Waals surface area (Å²) >= 11 is 5.87. The van der Waals surface area contributed by atoms with Gasteiger partial charge >= 0.3 is 5.97 Å². The third-order valence-corrected chi connectivity index (χ3v) is 3.54. The molecule has 0 bridgehead atoms. The Hall–Kier alpha value is -1.66. The molecule has 2 unspecified atom stereocenters. The molecule has 21 heavy (non-hydrogen) atoms. The van der Waals surface area contributed by atoms with E-state index in [1.807, 2.05) is 6.92 Å². The molecular weight excluding hydrogens is 296 g/mol. The highest BCUT2D eigenvalue weighted by molar-refractivity contribution is 6.29. The van der Waals surface area contributed by atoms with Gasteiger partial charge in [-0.15, -0.1) is 0 Å². The Balaban J connectivity index is 1.90. The van der Waals surface area contributed by atoms with Crippen LogP contribution in [0, 0.1) is 0 Å². The van der Waals surface area contributed by atoms with Crippen LogP contribution < -0.4 is 5.32 Å². The zero-order valence-corrected chi connectivity index (χ0v) is 12.4. The molecule has 2 rings (SSSR count). The topological polar surface area (TPSA) is 88.5 Å². The number of hydrogen-bond donors (Lipinski definition) is 2. The number of aryl methyl sites for hydroxylation is 1. The van der Waals surface area contributed by atoms with Crippen molar-refractivity contribution in [3.05, 3.63) is 28.5 Å². The number of halogens is 1. The average molecular weight is 313 g/mol. The summed E-state index contributed by atoms with van der Waals surface area (Å²) in [7, 11) is 0. The van der Waals surface area contributed by atoms with E-state index in [9.17, 15) is 9.59 Å². The summed E-state index contributed by atoms with van der Waals surface area (Å²) in [5.74, 6) is -1.23. The second-order valence-electron chi connectivity index (χ2n) is 4.90. The number of carboxylic acid groups (broad SMARTS) is 1. The molecule has 1 fully saturated rings. The highest BCUT2D eigenvalue weighted by Gasteiger charge is 2.30. The van der Waals surface area contributed by atoms with Gasteiger partial charge in [0.1, 0.15) is 5.15 Å². The number of ether oxygens (including phenoxy) is 1. The van der Waals surface area contributed by atoms with E-state index in [4.69, 9.17) is 21.4 Å². The van der Waals surface area contributed by atoms with E-state index in [2.05, 4.69) is 10.3 Å². The Morgan fingerprint density at radius 2 is 2.24 bits per heavy atom. The molecule has 1 aliphatic heterocycles.